The highest BCUT2D eigenvalue weighted by molar-refractivity contribution is 5.39. The van der Waals surface area contributed by atoms with E-state index in [1.165, 1.54) is 10.8 Å². The van der Waals surface area contributed by atoms with Crippen molar-refractivity contribution in [2.75, 3.05) is 12.1 Å². The van der Waals surface area contributed by atoms with E-state index in [1.54, 1.807) is 0 Å². The van der Waals surface area contributed by atoms with E-state index >= 15 is 0 Å². The third-order valence-corrected chi connectivity index (χ3v) is 3.16. The van der Waals surface area contributed by atoms with Crippen LogP contribution in [0.3, 0.4) is 0 Å². The van der Waals surface area contributed by atoms with Crippen LogP contribution in [0.4, 0.5) is 5.82 Å². The van der Waals surface area contributed by atoms with Crippen LogP contribution in [0.25, 0.3) is 0 Å². The van der Waals surface area contributed by atoms with Crippen LogP contribution in [-0.4, -0.2) is 43.8 Å². The van der Waals surface area contributed by atoms with Crippen molar-refractivity contribution in [2.24, 2.45) is 0 Å². The van der Waals surface area contributed by atoms with Gasteiger partial charge in [0.25, 0.3) is 0 Å². The SMILES string of the molecule is CCc1cn([C@@H]2O[C@H](CO)CC2O)c(=O)nc1NO. The number of aromatic nitrogens is 2. The Balaban J connectivity index is 2.37. The maximum Gasteiger partial charge on any atom is 0.351 e. The summed E-state index contributed by atoms with van der Waals surface area (Å²) < 4.78 is 6.58. The molecule has 0 radical (unpaired) electrons. The number of rotatable bonds is 4. The van der Waals surface area contributed by atoms with E-state index in [4.69, 9.17) is 15.1 Å². The van der Waals surface area contributed by atoms with Gasteiger partial charge in [0.05, 0.1) is 12.7 Å². The molecule has 0 amide bonds. The molecule has 8 heteroatoms. The molecule has 1 aromatic heterocycles. The van der Waals surface area contributed by atoms with Crippen LogP contribution < -0.4 is 11.2 Å². The maximum atomic E-state index is 11.8. The van der Waals surface area contributed by atoms with E-state index in [0.29, 0.717) is 12.0 Å². The van der Waals surface area contributed by atoms with E-state index in [1.807, 2.05) is 12.4 Å². The molecule has 1 aliphatic rings. The summed E-state index contributed by atoms with van der Waals surface area (Å²) in [6.07, 6.45) is 0.0519. The minimum atomic E-state index is -0.880. The molecule has 1 saturated heterocycles. The van der Waals surface area contributed by atoms with Crippen molar-refractivity contribution in [3.63, 3.8) is 0 Å². The zero-order valence-electron chi connectivity index (χ0n) is 10.5. The van der Waals surface area contributed by atoms with Gasteiger partial charge in [0.1, 0.15) is 6.10 Å². The molecule has 2 rings (SSSR count). The predicted molar refractivity (Wildman–Crippen MR) is 64.9 cm³/mol. The molecule has 8 nitrogen and oxygen atoms in total. The Bertz CT molecular complexity index is 504. The normalized spacial score (nSPS) is 26.6. The predicted octanol–water partition coefficient (Wildman–Crippen LogP) is -0.753. The third-order valence-electron chi connectivity index (χ3n) is 3.16. The Kier molecular flexibility index (Phi) is 4.15. The first-order valence-corrected chi connectivity index (χ1v) is 6.07. The van der Waals surface area contributed by atoms with Crippen molar-refractivity contribution >= 4 is 5.82 Å². The Labute approximate surface area is 109 Å². The molecule has 106 valence electrons. The Morgan fingerprint density at radius 2 is 2.37 bits per heavy atom. The van der Waals surface area contributed by atoms with Crippen LogP contribution in [0.15, 0.2) is 11.0 Å². The van der Waals surface area contributed by atoms with Crippen molar-refractivity contribution < 1.29 is 20.2 Å². The van der Waals surface area contributed by atoms with Crippen molar-refractivity contribution in [2.45, 2.75) is 38.2 Å². The molecule has 3 atom stereocenters. The summed E-state index contributed by atoms with van der Waals surface area (Å²) in [7, 11) is 0. The molecule has 1 aliphatic heterocycles. The summed E-state index contributed by atoms with van der Waals surface area (Å²) in [6.45, 7) is 1.63. The standard InChI is InChI=1S/C11H17N3O5/c1-2-6-4-14(11(17)12-9(6)13-18)10-8(16)3-7(5-15)19-10/h4,7-8,10,15-16,18H,2-3,5H2,1H3,(H,12,13,17)/t7-,8?,10+/m0/s1. The van der Waals surface area contributed by atoms with E-state index in [2.05, 4.69) is 4.98 Å². The summed E-state index contributed by atoms with van der Waals surface area (Å²) in [5.41, 5.74) is 1.84. The van der Waals surface area contributed by atoms with Crippen molar-refractivity contribution in [3.05, 3.63) is 22.2 Å². The Morgan fingerprint density at radius 1 is 1.63 bits per heavy atom. The van der Waals surface area contributed by atoms with Gasteiger partial charge in [0.2, 0.25) is 0 Å². The third kappa shape index (κ3) is 2.61. The zero-order chi connectivity index (χ0) is 14.0. The summed E-state index contributed by atoms with van der Waals surface area (Å²) >= 11 is 0. The molecular weight excluding hydrogens is 254 g/mol. The number of hydrogen-bond donors (Lipinski definition) is 4. The first-order chi connectivity index (χ1) is 9.10. The lowest BCUT2D eigenvalue weighted by Crippen LogP contribution is -2.32. The first kappa shape index (κ1) is 13.9. The van der Waals surface area contributed by atoms with Crippen molar-refractivity contribution in [3.8, 4) is 0 Å². The molecule has 1 fully saturated rings. The fourth-order valence-electron chi connectivity index (χ4n) is 2.14. The van der Waals surface area contributed by atoms with Crippen LogP contribution in [0.2, 0.25) is 0 Å². The van der Waals surface area contributed by atoms with Crippen molar-refractivity contribution in [1.82, 2.24) is 9.55 Å². The molecule has 1 aromatic rings. The number of ether oxygens (including phenoxy) is 1. The number of aryl methyl sites for hydroxylation is 1. The summed E-state index contributed by atoms with van der Waals surface area (Å²) in [5.74, 6) is 0.0925. The van der Waals surface area contributed by atoms with Gasteiger partial charge in [0.15, 0.2) is 12.0 Å². The average molecular weight is 271 g/mol. The number of anilines is 1. The van der Waals surface area contributed by atoms with E-state index in [-0.39, 0.29) is 18.8 Å². The van der Waals surface area contributed by atoms with Gasteiger partial charge in [-0.2, -0.15) is 4.98 Å². The van der Waals surface area contributed by atoms with Gasteiger partial charge in [0, 0.05) is 18.2 Å². The van der Waals surface area contributed by atoms with Gasteiger partial charge >= 0.3 is 5.69 Å². The maximum absolute atomic E-state index is 11.8. The number of aliphatic hydroxyl groups excluding tert-OH is 2. The second kappa shape index (κ2) is 5.66. The van der Waals surface area contributed by atoms with Crippen LogP contribution in [0.5, 0.6) is 0 Å². The minimum absolute atomic E-state index is 0.0925. The van der Waals surface area contributed by atoms with Gasteiger partial charge in [-0.3, -0.25) is 15.3 Å². The van der Waals surface area contributed by atoms with Gasteiger partial charge < -0.3 is 14.9 Å². The molecule has 19 heavy (non-hydrogen) atoms. The fourth-order valence-corrected chi connectivity index (χ4v) is 2.14. The summed E-state index contributed by atoms with van der Waals surface area (Å²) in [5, 5.41) is 27.8. The zero-order valence-corrected chi connectivity index (χ0v) is 10.5. The van der Waals surface area contributed by atoms with Gasteiger partial charge in [-0.1, -0.05) is 6.92 Å². The van der Waals surface area contributed by atoms with Crippen LogP contribution in [-0.2, 0) is 11.2 Å². The average Bonchev–Trinajstić information content (AvgIpc) is 2.79. The van der Waals surface area contributed by atoms with Crippen LogP contribution >= 0.6 is 0 Å². The molecular formula is C11H17N3O5. The van der Waals surface area contributed by atoms with Crippen LogP contribution in [0, 0.1) is 0 Å². The van der Waals surface area contributed by atoms with Gasteiger partial charge in [-0.25, -0.2) is 4.79 Å². The molecule has 4 N–H and O–H groups in total. The lowest BCUT2D eigenvalue weighted by molar-refractivity contribution is -0.0530. The highest BCUT2D eigenvalue weighted by Gasteiger charge is 2.35. The molecule has 0 aliphatic carbocycles. The second-order valence-electron chi connectivity index (χ2n) is 4.40. The Hall–Kier alpha value is -1.48. The number of aliphatic hydroxyl groups is 2. The molecule has 2 heterocycles. The van der Waals surface area contributed by atoms with Gasteiger partial charge in [-0.15, -0.1) is 0 Å². The first-order valence-electron chi connectivity index (χ1n) is 6.07. The smallest absolute Gasteiger partial charge is 0.351 e. The second-order valence-corrected chi connectivity index (χ2v) is 4.40. The Morgan fingerprint density at radius 3 is 2.89 bits per heavy atom. The molecule has 0 saturated carbocycles. The number of hydrogen-bond acceptors (Lipinski definition) is 7. The fraction of sp³-hybridized carbons (Fsp3) is 0.636. The summed E-state index contributed by atoms with van der Waals surface area (Å²) in [6, 6.07) is 0. The lowest BCUT2D eigenvalue weighted by Gasteiger charge is -2.18. The highest BCUT2D eigenvalue weighted by Crippen LogP contribution is 2.28. The van der Waals surface area contributed by atoms with E-state index in [0.717, 1.165) is 0 Å². The summed E-state index contributed by atoms with van der Waals surface area (Å²) in [4.78, 5) is 15.5. The topological polar surface area (TPSA) is 117 Å². The largest absolute Gasteiger partial charge is 0.394 e. The monoisotopic (exact) mass is 271 g/mol. The number of nitrogens with zero attached hydrogens (tertiary/aromatic N) is 2. The van der Waals surface area contributed by atoms with E-state index < -0.39 is 24.1 Å². The lowest BCUT2D eigenvalue weighted by atomic mass is 10.2. The van der Waals surface area contributed by atoms with E-state index in [9.17, 15) is 9.90 Å². The minimum Gasteiger partial charge on any atom is -0.394 e. The highest BCUT2D eigenvalue weighted by atomic mass is 16.5. The number of nitrogens with one attached hydrogen (secondary N) is 1. The quantitative estimate of drug-likeness (QED) is 0.532. The molecule has 1 unspecified atom stereocenters. The van der Waals surface area contributed by atoms with Crippen LogP contribution in [0.1, 0.15) is 25.1 Å². The molecule has 0 aromatic carbocycles. The molecule has 0 spiro atoms. The molecule has 0 bridgehead atoms. The van der Waals surface area contributed by atoms with Gasteiger partial charge in [-0.05, 0) is 6.42 Å². The van der Waals surface area contributed by atoms with Crippen molar-refractivity contribution in [1.29, 1.82) is 0 Å².